The Labute approximate surface area is 105 Å². The predicted octanol–water partition coefficient (Wildman–Crippen LogP) is 1.25. The molecule has 0 aliphatic heterocycles. The fourth-order valence-corrected chi connectivity index (χ4v) is 2.08. The third-order valence-electron chi connectivity index (χ3n) is 3.23. The molecule has 2 aromatic rings. The van der Waals surface area contributed by atoms with Crippen LogP contribution < -0.4 is 5.32 Å². The van der Waals surface area contributed by atoms with Crippen molar-refractivity contribution in [2.45, 2.75) is 25.0 Å². The first-order chi connectivity index (χ1) is 8.86. The number of ether oxygens (including phenoxy) is 1. The van der Waals surface area contributed by atoms with Crippen molar-refractivity contribution in [2.24, 2.45) is 0 Å². The Morgan fingerprint density at radius 2 is 2.06 bits per heavy atom. The van der Waals surface area contributed by atoms with Crippen molar-refractivity contribution in [3.63, 3.8) is 0 Å². The SMILES string of the molecule is COC1CC(Nc2nnnn2-c2ccccc2)C1. The lowest BCUT2D eigenvalue weighted by Crippen LogP contribution is -2.40. The van der Waals surface area contributed by atoms with Gasteiger partial charge in [-0.15, -0.1) is 0 Å². The van der Waals surface area contributed by atoms with E-state index in [1.807, 2.05) is 30.3 Å². The van der Waals surface area contributed by atoms with Gasteiger partial charge < -0.3 is 10.1 Å². The second-order valence-electron chi connectivity index (χ2n) is 4.42. The number of rotatable bonds is 4. The van der Waals surface area contributed by atoms with Crippen LogP contribution in [0.25, 0.3) is 5.69 Å². The molecule has 1 heterocycles. The van der Waals surface area contributed by atoms with Gasteiger partial charge in [0.15, 0.2) is 0 Å². The van der Waals surface area contributed by atoms with Gasteiger partial charge in [-0.3, -0.25) is 0 Å². The highest BCUT2D eigenvalue weighted by Gasteiger charge is 2.30. The standard InChI is InChI=1S/C12H15N5O/c1-18-11-7-9(8-11)13-12-14-15-16-17(12)10-5-3-2-4-6-10/h2-6,9,11H,7-8H2,1H3,(H,13,14,16). The minimum atomic E-state index is 0.364. The van der Waals surface area contributed by atoms with Gasteiger partial charge >= 0.3 is 0 Å². The van der Waals surface area contributed by atoms with Gasteiger partial charge in [-0.05, 0) is 35.4 Å². The van der Waals surface area contributed by atoms with Crippen LogP contribution in [0.4, 0.5) is 5.95 Å². The Morgan fingerprint density at radius 1 is 1.28 bits per heavy atom. The summed E-state index contributed by atoms with van der Waals surface area (Å²) < 4.78 is 6.96. The molecule has 6 nitrogen and oxygen atoms in total. The number of benzene rings is 1. The molecule has 3 rings (SSSR count). The summed E-state index contributed by atoms with van der Waals surface area (Å²) in [4.78, 5) is 0. The number of nitrogens with one attached hydrogen (secondary N) is 1. The van der Waals surface area contributed by atoms with Crippen LogP contribution in [0, 0.1) is 0 Å². The van der Waals surface area contributed by atoms with Gasteiger partial charge in [-0.25, -0.2) is 0 Å². The molecule has 0 bridgehead atoms. The average Bonchev–Trinajstić information content (AvgIpc) is 2.82. The first kappa shape index (κ1) is 11.2. The highest BCUT2D eigenvalue weighted by molar-refractivity contribution is 5.39. The van der Waals surface area contributed by atoms with Gasteiger partial charge in [0, 0.05) is 13.2 Å². The largest absolute Gasteiger partial charge is 0.381 e. The van der Waals surface area contributed by atoms with Gasteiger partial charge in [-0.2, -0.15) is 4.68 Å². The number of hydrogen-bond acceptors (Lipinski definition) is 5. The summed E-state index contributed by atoms with van der Waals surface area (Å²) in [7, 11) is 1.74. The summed E-state index contributed by atoms with van der Waals surface area (Å²) >= 11 is 0. The van der Waals surface area contributed by atoms with Crippen LogP contribution in [0.3, 0.4) is 0 Å². The predicted molar refractivity (Wildman–Crippen MR) is 66.6 cm³/mol. The smallest absolute Gasteiger partial charge is 0.247 e. The van der Waals surface area contributed by atoms with E-state index in [4.69, 9.17) is 4.74 Å². The van der Waals surface area contributed by atoms with Gasteiger partial charge in [0.2, 0.25) is 5.95 Å². The summed E-state index contributed by atoms with van der Waals surface area (Å²) in [6.07, 6.45) is 2.36. The number of anilines is 1. The van der Waals surface area contributed by atoms with E-state index in [-0.39, 0.29) is 0 Å². The fourth-order valence-electron chi connectivity index (χ4n) is 2.08. The topological polar surface area (TPSA) is 64.9 Å². The van der Waals surface area contributed by atoms with E-state index in [0.717, 1.165) is 18.5 Å². The van der Waals surface area contributed by atoms with Crippen LogP contribution in [0.5, 0.6) is 0 Å². The minimum absolute atomic E-state index is 0.364. The number of aromatic nitrogens is 4. The molecule has 1 saturated carbocycles. The van der Waals surface area contributed by atoms with Crippen molar-refractivity contribution in [3.8, 4) is 5.69 Å². The Morgan fingerprint density at radius 3 is 2.78 bits per heavy atom. The van der Waals surface area contributed by atoms with Crippen molar-refractivity contribution in [3.05, 3.63) is 30.3 Å². The van der Waals surface area contributed by atoms with Crippen LogP contribution in [0.2, 0.25) is 0 Å². The summed E-state index contributed by atoms with van der Waals surface area (Å²) in [5.74, 6) is 0.681. The second-order valence-corrected chi connectivity index (χ2v) is 4.42. The van der Waals surface area contributed by atoms with Crippen LogP contribution in [0.1, 0.15) is 12.8 Å². The third-order valence-corrected chi connectivity index (χ3v) is 3.23. The Bertz CT molecular complexity index is 506. The molecule has 0 unspecified atom stereocenters. The maximum Gasteiger partial charge on any atom is 0.247 e. The number of para-hydroxylation sites is 1. The lowest BCUT2D eigenvalue weighted by Gasteiger charge is -2.34. The molecule has 0 radical (unpaired) electrons. The van der Waals surface area contributed by atoms with E-state index in [1.54, 1.807) is 11.8 Å². The van der Waals surface area contributed by atoms with Gasteiger partial charge in [-0.1, -0.05) is 23.3 Å². The molecule has 0 amide bonds. The monoisotopic (exact) mass is 245 g/mol. The number of methoxy groups -OCH3 is 1. The van der Waals surface area contributed by atoms with Crippen LogP contribution in [-0.2, 0) is 4.74 Å². The van der Waals surface area contributed by atoms with Crippen LogP contribution >= 0.6 is 0 Å². The molecular weight excluding hydrogens is 230 g/mol. The molecule has 1 fully saturated rings. The van der Waals surface area contributed by atoms with Crippen molar-refractivity contribution in [1.82, 2.24) is 20.2 Å². The van der Waals surface area contributed by atoms with E-state index in [9.17, 15) is 0 Å². The molecule has 1 N–H and O–H groups in total. The molecule has 1 aliphatic carbocycles. The van der Waals surface area contributed by atoms with E-state index < -0.39 is 0 Å². The highest BCUT2D eigenvalue weighted by atomic mass is 16.5. The zero-order valence-electron chi connectivity index (χ0n) is 10.2. The molecular formula is C12H15N5O. The Hall–Kier alpha value is -1.95. The van der Waals surface area contributed by atoms with Gasteiger partial charge in [0.25, 0.3) is 0 Å². The summed E-state index contributed by atoms with van der Waals surface area (Å²) in [5.41, 5.74) is 0.951. The number of nitrogens with zero attached hydrogens (tertiary/aromatic N) is 4. The Balaban J connectivity index is 1.73. The summed E-state index contributed by atoms with van der Waals surface area (Å²) in [6.45, 7) is 0. The normalized spacial score (nSPS) is 22.5. The summed E-state index contributed by atoms with van der Waals surface area (Å²) in [6, 6.07) is 10.2. The fraction of sp³-hybridized carbons (Fsp3) is 0.417. The van der Waals surface area contributed by atoms with E-state index in [2.05, 4.69) is 20.8 Å². The lowest BCUT2D eigenvalue weighted by atomic mass is 9.89. The van der Waals surface area contributed by atoms with E-state index in [0.29, 0.717) is 18.1 Å². The van der Waals surface area contributed by atoms with Gasteiger partial charge in [0.1, 0.15) is 0 Å². The van der Waals surface area contributed by atoms with Crippen molar-refractivity contribution in [2.75, 3.05) is 12.4 Å². The molecule has 0 atom stereocenters. The molecule has 1 aromatic heterocycles. The first-order valence-electron chi connectivity index (χ1n) is 6.00. The molecule has 0 saturated heterocycles. The minimum Gasteiger partial charge on any atom is -0.381 e. The number of tetrazole rings is 1. The number of hydrogen-bond donors (Lipinski definition) is 1. The Kier molecular flexibility index (Phi) is 2.93. The molecule has 0 spiro atoms. The van der Waals surface area contributed by atoms with E-state index >= 15 is 0 Å². The quantitative estimate of drug-likeness (QED) is 0.878. The molecule has 6 heteroatoms. The first-order valence-corrected chi connectivity index (χ1v) is 6.00. The maximum atomic E-state index is 5.25. The van der Waals surface area contributed by atoms with Crippen molar-refractivity contribution < 1.29 is 4.74 Å². The second kappa shape index (κ2) is 4.73. The zero-order chi connectivity index (χ0) is 12.4. The van der Waals surface area contributed by atoms with Crippen LogP contribution in [0.15, 0.2) is 30.3 Å². The van der Waals surface area contributed by atoms with Gasteiger partial charge in [0.05, 0.1) is 11.8 Å². The van der Waals surface area contributed by atoms with Crippen LogP contribution in [-0.4, -0.2) is 39.5 Å². The molecule has 18 heavy (non-hydrogen) atoms. The third kappa shape index (κ3) is 2.06. The lowest BCUT2D eigenvalue weighted by molar-refractivity contribution is 0.0326. The van der Waals surface area contributed by atoms with Crippen molar-refractivity contribution >= 4 is 5.95 Å². The van der Waals surface area contributed by atoms with E-state index in [1.165, 1.54) is 0 Å². The average molecular weight is 245 g/mol. The molecule has 1 aromatic carbocycles. The zero-order valence-corrected chi connectivity index (χ0v) is 10.2. The summed E-state index contributed by atoms with van der Waals surface area (Å²) in [5, 5.41) is 15.1. The maximum absolute atomic E-state index is 5.25. The van der Waals surface area contributed by atoms with Crippen molar-refractivity contribution in [1.29, 1.82) is 0 Å². The molecule has 1 aliphatic rings. The molecule has 94 valence electrons. The highest BCUT2D eigenvalue weighted by Crippen LogP contribution is 2.25.